The largest absolute Gasteiger partial charge is 0.264 e. The highest BCUT2D eigenvalue weighted by molar-refractivity contribution is 14.2. The minimum atomic E-state index is 0.867. The van der Waals surface area contributed by atoms with Crippen LogP contribution >= 0.6 is 60.6 Å². The van der Waals surface area contributed by atoms with Gasteiger partial charge in [-0.15, -0.1) is 0 Å². The van der Waals surface area contributed by atoms with Crippen LogP contribution in [0.15, 0.2) is 18.6 Å². The van der Waals surface area contributed by atoms with Crippen molar-refractivity contribution in [2.45, 2.75) is 27.7 Å². The van der Waals surface area contributed by atoms with Gasteiger partial charge in [0.15, 0.2) is 5.65 Å². The van der Waals surface area contributed by atoms with Gasteiger partial charge >= 0.3 is 0 Å². The number of fused-ring (bicyclic) bond motifs is 1. The fourth-order valence-electron chi connectivity index (χ4n) is 2.00. The van der Waals surface area contributed by atoms with E-state index in [4.69, 9.17) is 4.98 Å². The third kappa shape index (κ3) is 3.41. The molecule has 3 aromatic rings. The molecule has 3 aromatic heterocycles. The minimum absolute atomic E-state index is 0.867. The molecule has 3 rings (SSSR count). The van der Waals surface area contributed by atoms with E-state index < -0.39 is 0 Å². The first-order valence-corrected chi connectivity index (χ1v) is 13.3. The summed E-state index contributed by atoms with van der Waals surface area (Å²) in [6.45, 7) is 8.10. The lowest BCUT2D eigenvalue weighted by molar-refractivity contribution is 0.977. The normalized spacial score (nSPS) is 10.6. The van der Waals surface area contributed by atoms with Crippen molar-refractivity contribution in [2.24, 2.45) is 0 Å². The van der Waals surface area contributed by atoms with Gasteiger partial charge in [0.25, 0.3) is 0 Å². The average Bonchev–Trinajstić information content (AvgIpc) is 3.09. The van der Waals surface area contributed by atoms with E-state index in [1.165, 1.54) is 0 Å². The predicted octanol–water partition coefficient (Wildman–Crippen LogP) is 5.63. The Hall–Kier alpha value is -0.0100. The molecule has 0 atom stereocenters. The molecule has 22 heavy (non-hydrogen) atoms. The maximum Gasteiger partial charge on any atom is 0.169 e. The van der Waals surface area contributed by atoms with Crippen molar-refractivity contribution in [1.29, 1.82) is 0 Å². The fourth-order valence-corrected chi connectivity index (χ4v) is 4.78. The van der Waals surface area contributed by atoms with Crippen LogP contribution in [0.1, 0.15) is 25.1 Å². The van der Waals surface area contributed by atoms with Crippen LogP contribution < -0.4 is 0 Å². The van der Waals surface area contributed by atoms with Crippen LogP contribution in [-0.2, 0) is 0 Å². The zero-order chi connectivity index (χ0) is 16.3. The van der Waals surface area contributed by atoms with Gasteiger partial charge in [-0.25, -0.2) is 14.1 Å². The molecule has 0 N–H and O–H groups in total. The van der Waals surface area contributed by atoms with Gasteiger partial charge in [0.05, 0.1) is 23.8 Å². The van der Waals surface area contributed by atoms with Gasteiger partial charge in [-0.3, -0.25) is 3.97 Å². The van der Waals surface area contributed by atoms with Crippen LogP contribution in [0.25, 0.3) is 22.4 Å². The monoisotopic (exact) mass is 559 g/mol. The van der Waals surface area contributed by atoms with Gasteiger partial charge < -0.3 is 0 Å². The van der Waals surface area contributed by atoms with Crippen molar-refractivity contribution in [3.8, 4) is 11.3 Å². The van der Waals surface area contributed by atoms with E-state index in [1.54, 1.807) is 18.2 Å². The van der Waals surface area contributed by atoms with Gasteiger partial charge in [-0.2, -0.15) is 5.10 Å². The zero-order valence-electron chi connectivity index (χ0n) is 12.5. The van der Waals surface area contributed by atoms with Crippen LogP contribution in [0.5, 0.6) is 0 Å². The molecule has 118 valence electrons. The predicted molar refractivity (Wildman–Crippen MR) is 114 cm³/mol. The Kier molecular flexibility index (Phi) is 6.83. The summed E-state index contributed by atoms with van der Waals surface area (Å²) in [6.07, 6.45) is 5.72. The first-order chi connectivity index (χ1) is 10.7. The molecule has 0 fully saturated rings. The van der Waals surface area contributed by atoms with E-state index in [0.717, 1.165) is 33.7 Å². The second-order valence-electron chi connectivity index (χ2n) is 4.22. The number of halogens is 2. The highest BCUT2D eigenvalue weighted by atomic mass is 127. The Morgan fingerprint density at radius 2 is 1.82 bits per heavy atom. The zero-order valence-corrected chi connectivity index (χ0v) is 18.5. The van der Waals surface area contributed by atoms with Crippen molar-refractivity contribution < 1.29 is 0 Å². The maximum absolute atomic E-state index is 4.76. The summed E-state index contributed by atoms with van der Waals surface area (Å²) in [5, 5.41) is 4.33. The lowest BCUT2D eigenvalue weighted by Gasteiger charge is -2.02. The Labute approximate surface area is 162 Å². The van der Waals surface area contributed by atoms with Gasteiger partial charge in [-0.1, -0.05) is 13.8 Å². The molecule has 0 aliphatic rings. The molecule has 0 aliphatic heterocycles. The van der Waals surface area contributed by atoms with Crippen LogP contribution in [-0.4, -0.2) is 23.1 Å². The van der Waals surface area contributed by atoms with Gasteiger partial charge in [0.2, 0.25) is 0 Å². The Balaban J connectivity index is 0.000000847. The van der Waals surface area contributed by atoms with E-state index in [2.05, 4.69) is 65.6 Å². The lowest BCUT2D eigenvalue weighted by atomic mass is 10.2. The van der Waals surface area contributed by atoms with Crippen molar-refractivity contribution in [3.63, 3.8) is 0 Å². The van der Waals surface area contributed by atoms with Gasteiger partial charge in [-0.05, 0) is 19.4 Å². The molecule has 0 radical (unpaired) electrons. The molecule has 5 nitrogen and oxygen atoms in total. The third-order valence-electron chi connectivity index (χ3n) is 3.03. The molecule has 0 spiro atoms. The molecule has 0 amide bonds. The number of rotatable bonds is 3. The molecule has 0 aliphatic carbocycles. The lowest BCUT2D eigenvalue weighted by Crippen LogP contribution is -1.92. The number of nitrogens with zero attached hydrogens (tertiary/aromatic N) is 5. The van der Waals surface area contributed by atoms with Crippen molar-refractivity contribution in [2.75, 3.05) is 0 Å². The summed E-state index contributed by atoms with van der Waals surface area (Å²) >= 11 is 4.46. The number of aromatic nitrogens is 5. The standard InChI is InChI=1S/C11H9I2N5S2.C2H6/c1-6-5-17(19-12)11-10(6)16-9(4-14-11)8-3-15-18(20-13)7(8)2;1-2/h3-5H,1-2H3;1-2H3. The van der Waals surface area contributed by atoms with E-state index in [1.807, 2.05) is 41.2 Å². The second-order valence-corrected chi connectivity index (χ2v) is 7.60. The molecular weight excluding hydrogens is 544 g/mol. The highest BCUT2D eigenvalue weighted by Gasteiger charge is 2.14. The van der Waals surface area contributed by atoms with E-state index in [0.29, 0.717) is 0 Å². The number of aryl methyl sites for hydroxylation is 1. The molecule has 0 saturated carbocycles. The molecule has 0 saturated heterocycles. The topological polar surface area (TPSA) is 48.5 Å². The third-order valence-corrected chi connectivity index (χ3v) is 6.35. The maximum atomic E-state index is 4.76. The van der Waals surface area contributed by atoms with E-state index >= 15 is 0 Å². The van der Waals surface area contributed by atoms with Crippen molar-refractivity contribution >= 4 is 71.8 Å². The Morgan fingerprint density at radius 3 is 2.41 bits per heavy atom. The van der Waals surface area contributed by atoms with Crippen LogP contribution in [0, 0.1) is 13.8 Å². The summed E-state index contributed by atoms with van der Waals surface area (Å²) < 4.78 is 3.90. The molecular formula is C13H15I2N5S2. The van der Waals surface area contributed by atoms with E-state index in [-0.39, 0.29) is 0 Å². The van der Waals surface area contributed by atoms with Crippen LogP contribution in [0.3, 0.4) is 0 Å². The Morgan fingerprint density at radius 1 is 1.09 bits per heavy atom. The number of hydrogen-bond acceptors (Lipinski definition) is 5. The summed E-state index contributed by atoms with van der Waals surface area (Å²) in [5.41, 5.74) is 5.95. The van der Waals surface area contributed by atoms with Crippen LogP contribution in [0.2, 0.25) is 0 Å². The van der Waals surface area contributed by atoms with Crippen molar-refractivity contribution in [1.82, 2.24) is 23.1 Å². The van der Waals surface area contributed by atoms with E-state index in [9.17, 15) is 0 Å². The smallest absolute Gasteiger partial charge is 0.169 e. The SMILES string of the molecule is CC.Cc1cn(SI)c2ncc(-c3cnn(SI)c3C)nc12. The first-order valence-electron chi connectivity index (χ1n) is 6.63. The molecule has 9 heteroatoms. The van der Waals surface area contributed by atoms with Crippen LogP contribution in [0.4, 0.5) is 0 Å². The first kappa shape index (κ1) is 18.3. The molecule has 0 aromatic carbocycles. The average molecular weight is 559 g/mol. The molecule has 0 unspecified atom stereocenters. The Bertz CT molecular complexity index is 784. The second kappa shape index (κ2) is 8.20. The minimum Gasteiger partial charge on any atom is -0.264 e. The van der Waals surface area contributed by atoms with Crippen molar-refractivity contribution in [3.05, 3.63) is 29.8 Å². The summed E-state index contributed by atoms with van der Waals surface area (Å²) in [5.74, 6) is 0. The summed E-state index contributed by atoms with van der Waals surface area (Å²) in [6, 6.07) is 0. The fraction of sp³-hybridized carbons (Fsp3) is 0.308. The molecule has 3 heterocycles. The van der Waals surface area contributed by atoms with Gasteiger partial charge in [0, 0.05) is 72.4 Å². The quantitative estimate of drug-likeness (QED) is 0.390. The highest BCUT2D eigenvalue weighted by Crippen LogP contribution is 2.29. The van der Waals surface area contributed by atoms with Gasteiger partial charge in [0.1, 0.15) is 5.52 Å². The number of hydrogen-bond donors (Lipinski definition) is 0. The molecule has 0 bridgehead atoms. The summed E-state index contributed by atoms with van der Waals surface area (Å²) in [7, 11) is 3.14. The summed E-state index contributed by atoms with van der Waals surface area (Å²) in [4.78, 5) is 9.31.